The van der Waals surface area contributed by atoms with Gasteiger partial charge in [-0.15, -0.1) is 23.2 Å². The smallest absolute Gasteiger partial charge is 0.328 e. The fourth-order valence-corrected chi connectivity index (χ4v) is 4.46. The number of esters is 1. The van der Waals surface area contributed by atoms with Gasteiger partial charge in [-0.05, 0) is 42.8 Å². The molecule has 11 heteroatoms. The van der Waals surface area contributed by atoms with E-state index in [1.165, 1.54) is 12.1 Å². The Bertz CT molecular complexity index is 1200. The van der Waals surface area contributed by atoms with Crippen molar-refractivity contribution in [3.05, 3.63) is 59.7 Å². The van der Waals surface area contributed by atoms with Gasteiger partial charge in [0.2, 0.25) is 5.91 Å². The summed E-state index contributed by atoms with van der Waals surface area (Å²) in [7, 11) is 1.86. The van der Waals surface area contributed by atoms with Gasteiger partial charge < -0.3 is 25.3 Å². The molecule has 0 aliphatic heterocycles. The maximum Gasteiger partial charge on any atom is 0.328 e. The quantitative estimate of drug-likeness (QED) is 0.250. The van der Waals surface area contributed by atoms with Crippen LogP contribution in [0.1, 0.15) is 18.3 Å². The Hall–Kier alpha value is -2.88. The van der Waals surface area contributed by atoms with Gasteiger partial charge in [0.05, 0.1) is 23.7 Å². The van der Waals surface area contributed by atoms with Crippen molar-refractivity contribution in [3.63, 3.8) is 0 Å². The van der Waals surface area contributed by atoms with Gasteiger partial charge in [-0.2, -0.15) is 0 Å². The molecule has 0 fully saturated rings. The minimum atomic E-state index is -0.957. The van der Waals surface area contributed by atoms with E-state index in [4.69, 9.17) is 38.7 Å². The van der Waals surface area contributed by atoms with Gasteiger partial charge in [-0.3, -0.25) is 4.79 Å². The number of nitrogens with zero attached hydrogens (tertiary/aromatic N) is 3. The van der Waals surface area contributed by atoms with Crippen LogP contribution >= 0.6 is 23.2 Å². The van der Waals surface area contributed by atoms with Crippen molar-refractivity contribution in [2.24, 2.45) is 12.8 Å². The van der Waals surface area contributed by atoms with Gasteiger partial charge in [-0.25, -0.2) is 14.2 Å². The van der Waals surface area contributed by atoms with Crippen molar-refractivity contribution < 1.29 is 18.7 Å². The molecule has 0 unspecified atom stereocenters. The first-order chi connectivity index (χ1) is 17.8. The van der Waals surface area contributed by atoms with Gasteiger partial charge in [0.1, 0.15) is 17.7 Å². The minimum Gasteiger partial charge on any atom is -0.464 e. The van der Waals surface area contributed by atoms with Gasteiger partial charge >= 0.3 is 5.97 Å². The molecule has 2 aromatic carbocycles. The van der Waals surface area contributed by atoms with E-state index in [1.54, 1.807) is 19.1 Å². The number of hydrogen-bond donors (Lipinski definition) is 2. The SMILES string of the molecule is CCOC(=O)[C@H](Cc1ccc(F)cc1)NC(=O)[C@@H](N)Cc1nc2cc(N(CCCl)CCCl)ccc2n1C. The second kappa shape index (κ2) is 13.6. The van der Waals surface area contributed by atoms with E-state index in [9.17, 15) is 14.0 Å². The van der Waals surface area contributed by atoms with Gasteiger partial charge in [0.15, 0.2) is 0 Å². The first-order valence-electron chi connectivity index (χ1n) is 12.1. The molecule has 200 valence electrons. The van der Waals surface area contributed by atoms with E-state index in [-0.39, 0.29) is 25.3 Å². The van der Waals surface area contributed by atoms with E-state index in [0.29, 0.717) is 36.2 Å². The highest BCUT2D eigenvalue weighted by Crippen LogP contribution is 2.23. The van der Waals surface area contributed by atoms with Crippen molar-refractivity contribution in [2.45, 2.75) is 31.8 Å². The summed E-state index contributed by atoms with van der Waals surface area (Å²) in [6, 6.07) is 9.71. The molecule has 0 aliphatic rings. The average Bonchev–Trinajstić information content (AvgIpc) is 3.19. The number of hydrogen-bond acceptors (Lipinski definition) is 6. The highest BCUT2D eigenvalue weighted by molar-refractivity contribution is 6.18. The number of ether oxygens (including phenoxy) is 1. The molecular formula is C26H32Cl2FN5O3. The number of imidazole rings is 1. The van der Waals surface area contributed by atoms with Crippen molar-refractivity contribution >= 4 is 51.8 Å². The van der Waals surface area contributed by atoms with E-state index in [2.05, 4.69) is 10.2 Å². The molecule has 1 amide bonds. The summed E-state index contributed by atoms with van der Waals surface area (Å²) < 4.78 is 20.3. The predicted molar refractivity (Wildman–Crippen MR) is 145 cm³/mol. The Morgan fingerprint density at radius 2 is 1.81 bits per heavy atom. The second-order valence-electron chi connectivity index (χ2n) is 8.58. The molecule has 0 spiro atoms. The zero-order valence-electron chi connectivity index (χ0n) is 20.9. The van der Waals surface area contributed by atoms with Crippen molar-refractivity contribution in [1.29, 1.82) is 0 Å². The number of benzene rings is 2. The number of halogens is 3. The van der Waals surface area contributed by atoms with E-state index in [1.807, 2.05) is 29.8 Å². The maximum absolute atomic E-state index is 13.3. The maximum atomic E-state index is 13.3. The third kappa shape index (κ3) is 7.56. The average molecular weight is 552 g/mol. The fraction of sp³-hybridized carbons (Fsp3) is 0.423. The number of carbonyl (C=O) groups excluding carboxylic acids is 2. The number of rotatable bonds is 13. The van der Waals surface area contributed by atoms with Crippen LogP contribution in [-0.2, 0) is 34.2 Å². The highest BCUT2D eigenvalue weighted by atomic mass is 35.5. The number of fused-ring (bicyclic) bond motifs is 1. The summed E-state index contributed by atoms with van der Waals surface area (Å²) in [5, 5.41) is 2.69. The first-order valence-corrected chi connectivity index (χ1v) is 13.1. The molecule has 0 radical (unpaired) electrons. The van der Waals surface area contributed by atoms with Crippen LogP contribution in [0.2, 0.25) is 0 Å². The van der Waals surface area contributed by atoms with Crippen LogP contribution in [-0.4, -0.2) is 65.0 Å². The Kier molecular flexibility index (Phi) is 10.5. The Balaban J connectivity index is 1.74. The second-order valence-corrected chi connectivity index (χ2v) is 9.34. The molecule has 8 nitrogen and oxygen atoms in total. The van der Waals surface area contributed by atoms with Crippen LogP contribution in [0.25, 0.3) is 11.0 Å². The molecule has 0 aliphatic carbocycles. The summed E-state index contributed by atoms with van der Waals surface area (Å²) in [5.41, 5.74) is 9.52. The van der Waals surface area contributed by atoms with Crippen LogP contribution in [0.3, 0.4) is 0 Å². The minimum absolute atomic E-state index is 0.147. The molecule has 0 bridgehead atoms. The highest BCUT2D eigenvalue weighted by Gasteiger charge is 2.26. The molecule has 0 saturated carbocycles. The number of aromatic nitrogens is 2. The lowest BCUT2D eigenvalue weighted by Gasteiger charge is -2.22. The molecule has 1 aromatic heterocycles. The van der Waals surface area contributed by atoms with Crippen LogP contribution in [0.15, 0.2) is 42.5 Å². The number of alkyl halides is 2. The van der Waals surface area contributed by atoms with E-state index < -0.39 is 24.0 Å². The Labute approximate surface area is 225 Å². The number of anilines is 1. The Morgan fingerprint density at radius 1 is 1.14 bits per heavy atom. The largest absolute Gasteiger partial charge is 0.464 e. The lowest BCUT2D eigenvalue weighted by Crippen LogP contribution is -2.50. The summed E-state index contributed by atoms with van der Waals surface area (Å²) >= 11 is 11.9. The summed E-state index contributed by atoms with van der Waals surface area (Å²) in [6.45, 7) is 3.16. The predicted octanol–water partition coefficient (Wildman–Crippen LogP) is 3.16. The zero-order chi connectivity index (χ0) is 26.9. The number of aryl methyl sites for hydroxylation is 1. The molecule has 0 saturated heterocycles. The fourth-order valence-electron chi connectivity index (χ4n) is 4.05. The standard InChI is InChI=1S/C26H32Cl2FN5O3/c1-3-37-26(36)22(14-17-4-6-18(29)7-5-17)32-25(35)20(30)16-24-31-21-15-19(8-9-23(21)33(24)2)34(12-10-27)13-11-28/h4-9,15,20,22H,3,10-14,16,30H2,1-2H3,(H,32,35)/t20-,22-/m0/s1. The molecule has 2 atom stereocenters. The van der Waals surface area contributed by atoms with Crippen LogP contribution < -0.4 is 16.0 Å². The van der Waals surface area contributed by atoms with E-state index >= 15 is 0 Å². The summed E-state index contributed by atoms with van der Waals surface area (Å²) in [5.74, 6) is 0.0928. The summed E-state index contributed by atoms with van der Waals surface area (Å²) in [4.78, 5) is 32.2. The molecule has 3 rings (SSSR count). The lowest BCUT2D eigenvalue weighted by atomic mass is 10.0. The number of nitrogens with one attached hydrogen (secondary N) is 1. The molecule has 3 aromatic rings. The normalized spacial score (nSPS) is 12.8. The van der Waals surface area contributed by atoms with Crippen LogP contribution in [0.5, 0.6) is 0 Å². The summed E-state index contributed by atoms with van der Waals surface area (Å²) in [6.07, 6.45) is 0.305. The monoisotopic (exact) mass is 551 g/mol. The third-order valence-corrected chi connectivity index (χ3v) is 6.35. The lowest BCUT2D eigenvalue weighted by molar-refractivity contribution is -0.147. The molecule has 1 heterocycles. The van der Waals surface area contributed by atoms with Crippen LogP contribution in [0, 0.1) is 5.82 Å². The van der Waals surface area contributed by atoms with Gasteiger partial charge in [0.25, 0.3) is 0 Å². The van der Waals surface area contributed by atoms with Gasteiger partial charge in [0, 0.05) is 50.4 Å². The topological polar surface area (TPSA) is 102 Å². The number of amides is 1. The van der Waals surface area contributed by atoms with Crippen molar-refractivity contribution in [2.75, 3.05) is 36.4 Å². The number of nitrogens with two attached hydrogens (primary N) is 1. The molecule has 37 heavy (non-hydrogen) atoms. The van der Waals surface area contributed by atoms with Crippen molar-refractivity contribution in [3.8, 4) is 0 Å². The van der Waals surface area contributed by atoms with Gasteiger partial charge in [-0.1, -0.05) is 12.1 Å². The Morgan fingerprint density at radius 3 is 2.43 bits per heavy atom. The van der Waals surface area contributed by atoms with Crippen LogP contribution in [0.4, 0.5) is 10.1 Å². The first kappa shape index (κ1) is 28.7. The molecule has 3 N–H and O–H groups in total. The molecular weight excluding hydrogens is 520 g/mol. The number of carbonyl (C=O) groups is 2. The zero-order valence-corrected chi connectivity index (χ0v) is 22.4. The van der Waals surface area contributed by atoms with Crippen molar-refractivity contribution in [1.82, 2.24) is 14.9 Å². The third-order valence-electron chi connectivity index (χ3n) is 6.01. The van der Waals surface area contributed by atoms with E-state index in [0.717, 1.165) is 16.7 Å².